The number of carbonyl (C=O) groups excluding carboxylic acids is 3. The second-order valence-corrected chi connectivity index (χ2v) is 10.6. The molecular formula is C31H24ClF3N4O5. The second kappa shape index (κ2) is 12.1. The second-order valence-electron chi connectivity index (χ2n) is 10.2. The molecule has 0 fully saturated rings. The fourth-order valence-electron chi connectivity index (χ4n) is 4.86. The SMILES string of the molecule is Cc1ccc(CC(NC(=O)c2cc(Cl)nnc2Oc2cccc(C(F)(F)F)c2)C(O)N2C(=O)c3ccccc3C2=O)c(C)c1. The molecule has 3 aromatic carbocycles. The molecule has 2 atom stereocenters. The summed E-state index contributed by atoms with van der Waals surface area (Å²) in [6, 6.07) is 15.4. The number of nitrogens with one attached hydrogen (secondary N) is 1. The van der Waals surface area contributed by atoms with E-state index in [0.29, 0.717) is 10.5 Å². The first kappa shape index (κ1) is 30.6. The minimum atomic E-state index is -4.65. The van der Waals surface area contributed by atoms with Gasteiger partial charge in [0.15, 0.2) is 11.4 Å². The first-order valence-corrected chi connectivity index (χ1v) is 13.6. The first-order chi connectivity index (χ1) is 20.8. The number of amides is 3. The highest BCUT2D eigenvalue weighted by Gasteiger charge is 2.43. The van der Waals surface area contributed by atoms with Gasteiger partial charge < -0.3 is 15.2 Å². The van der Waals surface area contributed by atoms with Crippen LogP contribution in [0.15, 0.2) is 72.8 Å². The Balaban J connectivity index is 1.48. The number of hydrogen-bond acceptors (Lipinski definition) is 7. The number of halogens is 4. The van der Waals surface area contributed by atoms with Crippen molar-refractivity contribution < 1.29 is 37.4 Å². The van der Waals surface area contributed by atoms with E-state index >= 15 is 0 Å². The molecule has 4 aromatic rings. The zero-order chi connectivity index (χ0) is 31.8. The quantitative estimate of drug-likeness (QED) is 0.248. The van der Waals surface area contributed by atoms with Crippen LogP contribution in [0.3, 0.4) is 0 Å². The Morgan fingerprint density at radius 2 is 1.66 bits per heavy atom. The molecule has 44 heavy (non-hydrogen) atoms. The monoisotopic (exact) mass is 624 g/mol. The highest BCUT2D eigenvalue weighted by atomic mass is 35.5. The maximum absolute atomic E-state index is 13.7. The summed E-state index contributed by atoms with van der Waals surface area (Å²) in [5.74, 6) is -3.12. The summed E-state index contributed by atoms with van der Waals surface area (Å²) in [7, 11) is 0. The molecule has 1 aliphatic heterocycles. The van der Waals surface area contributed by atoms with E-state index in [-0.39, 0.29) is 34.0 Å². The number of rotatable bonds is 8. The van der Waals surface area contributed by atoms with Crippen LogP contribution in [0, 0.1) is 13.8 Å². The van der Waals surface area contributed by atoms with Gasteiger partial charge in [0.2, 0.25) is 0 Å². The van der Waals surface area contributed by atoms with Gasteiger partial charge in [0.25, 0.3) is 23.6 Å². The van der Waals surface area contributed by atoms with Crippen molar-refractivity contribution in [1.82, 2.24) is 20.4 Å². The van der Waals surface area contributed by atoms with Crippen LogP contribution in [-0.4, -0.2) is 50.2 Å². The van der Waals surface area contributed by atoms with Crippen LogP contribution in [0.2, 0.25) is 5.15 Å². The molecule has 9 nitrogen and oxygen atoms in total. The summed E-state index contributed by atoms with van der Waals surface area (Å²) >= 11 is 6.00. The Morgan fingerprint density at radius 3 is 2.30 bits per heavy atom. The van der Waals surface area contributed by atoms with E-state index in [4.69, 9.17) is 16.3 Å². The fraction of sp³-hybridized carbons (Fsp3) is 0.194. The molecule has 2 heterocycles. The van der Waals surface area contributed by atoms with Gasteiger partial charge in [0, 0.05) is 0 Å². The molecule has 5 rings (SSSR count). The van der Waals surface area contributed by atoms with Gasteiger partial charge in [0.05, 0.1) is 22.7 Å². The maximum atomic E-state index is 13.7. The average molecular weight is 625 g/mol. The molecule has 0 aliphatic carbocycles. The molecule has 1 aromatic heterocycles. The highest BCUT2D eigenvalue weighted by molar-refractivity contribution is 6.29. The number of imide groups is 1. The average Bonchev–Trinajstić information content (AvgIpc) is 3.23. The standard InChI is InChI=1S/C31H24ClF3N4O5/c1-16-10-11-18(17(2)12-16)13-24(30(43)39-28(41)21-8-3-4-9-22(21)29(39)42)36-26(40)23-15-25(32)37-38-27(23)44-20-7-5-6-19(14-20)31(33,34)35/h3-12,14-15,24,30,43H,13H2,1-2H3,(H,36,40). The Kier molecular flexibility index (Phi) is 8.40. The molecule has 0 saturated carbocycles. The minimum Gasteiger partial charge on any atom is -0.437 e. The van der Waals surface area contributed by atoms with Crippen LogP contribution in [0.4, 0.5) is 13.2 Å². The number of hydrogen-bond donors (Lipinski definition) is 2. The number of ether oxygens (including phenoxy) is 1. The van der Waals surface area contributed by atoms with E-state index in [9.17, 15) is 32.7 Å². The lowest BCUT2D eigenvalue weighted by atomic mass is 9.97. The van der Waals surface area contributed by atoms with Crippen LogP contribution >= 0.6 is 11.6 Å². The van der Waals surface area contributed by atoms with Crippen molar-refractivity contribution >= 4 is 29.3 Å². The van der Waals surface area contributed by atoms with Gasteiger partial charge in [-0.15, -0.1) is 10.2 Å². The third kappa shape index (κ3) is 6.26. The van der Waals surface area contributed by atoms with E-state index in [1.807, 2.05) is 26.0 Å². The minimum absolute atomic E-state index is 0.0114. The fourth-order valence-corrected chi connectivity index (χ4v) is 5.01. The van der Waals surface area contributed by atoms with Gasteiger partial charge in [-0.05, 0) is 67.8 Å². The molecule has 226 valence electrons. The van der Waals surface area contributed by atoms with Gasteiger partial charge in [-0.1, -0.05) is 53.6 Å². The van der Waals surface area contributed by atoms with Crippen molar-refractivity contribution in [1.29, 1.82) is 0 Å². The molecule has 2 N–H and O–H groups in total. The van der Waals surface area contributed by atoms with Gasteiger partial charge in [-0.3, -0.25) is 14.4 Å². The Labute approximate surface area is 254 Å². The predicted molar refractivity (Wildman–Crippen MR) is 152 cm³/mol. The molecule has 0 bridgehead atoms. The van der Waals surface area contributed by atoms with E-state index in [0.717, 1.165) is 35.4 Å². The summed E-state index contributed by atoms with van der Waals surface area (Å²) in [5, 5.41) is 21.3. The zero-order valence-corrected chi connectivity index (χ0v) is 24.0. The van der Waals surface area contributed by atoms with Crippen molar-refractivity contribution in [2.24, 2.45) is 0 Å². The smallest absolute Gasteiger partial charge is 0.416 e. The molecular weight excluding hydrogens is 601 g/mol. The van der Waals surface area contributed by atoms with Crippen LogP contribution in [0.1, 0.15) is 53.3 Å². The maximum Gasteiger partial charge on any atom is 0.416 e. The summed E-state index contributed by atoms with van der Waals surface area (Å²) < 4.78 is 45.3. The van der Waals surface area contributed by atoms with Crippen molar-refractivity contribution in [2.45, 2.75) is 38.7 Å². The molecule has 0 radical (unpaired) electrons. The van der Waals surface area contributed by atoms with Gasteiger partial charge >= 0.3 is 6.18 Å². The highest BCUT2D eigenvalue weighted by Crippen LogP contribution is 2.33. The van der Waals surface area contributed by atoms with Gasteiger partial charge in [-0.2, -0.15) is 13.2 Å². The summed E-state index contributed by atoms with van der Waals surface area (Å²) in [6.45, 7) is 3.74. The summed E-state index contributed by atoms with van der Waals surface area (Å²) in [4.78, 5) is 40.7. The third-order valence-corrected chi connectivity index (χ3v) is 7.24. The van der Waals surface area contributed by atoms with Crippen molar-refractivity contribution in [2.75, 3.05) is 0 Å². The molecule has 2 unspecified atom stereocenters. The number of fused-ring (bicyclic) bond motifs is 1. The number of carbonyl (C=O) groups is 3. The molecule has 0 saturated heterocycles. The molecule has 0 spiro atoms. The number of aliphatic hydroxyl groups excluding tert-OH is 1. The number of nitrogens with zero attached hydrogens (tertiary/aromatic N) is 3. The topological polar surface area (TPSA) is 122 Å². The number of alkyl halides is 3. The number of aryl methyl sites for hydroxylation is 2. The molecule has 3 amide bonds. The molecule has 1 aliphatic rings. The van der Waals surface area contributed by atoms with E-state index < -0.39 is 47.6 Å². The van der Waals surface area contributed by atoms with E-state index in [1.165, 1.54) is 18.2 Å². The Hall–Kier alpha value is -4.81. The van der Waals surface area contributed by atoms with Crippen LogP contribution in [-0.2, 0) is 12.6 Å². The lowest BCUT2D eigenvalue weighted by Crippen LogP contribution is -2.54. The lowest BCUT2D eigenvalue weighted by molar-refractivity contribution is -0.137. The lowest BCUT2D eigenvalue weighted by Gasteiger charge is -2.30. The van der Waals surface area contributed by atoms with E-state index in [1.54, 1.807) is 18.2 Å². The van der Waals surface area contributed by atoms with Crippen LogP contribution < -0.4 is 10.1 Å². The normalized spacial score (nSPS) is 14.3. The number of aromatic nitrogens is 2. The summed E-state index contributed by atoms with van der Waals surface area (Å²) in [5.41, 5.74) is 1.43. The van der Waals surface area contributed by atoms with Crippen LogP contribution in [0.5, 0.6) is 11.6 Å². The Bertz CT molecular complexity index is 1750. The van der Waals surface area contributed by atoms with Crippen LogP contribution in [0.25, 0.3) is 0 Å². The number of aliphatic hydroxyl groups is 1. The van der Waals surface area contributed by atoms with E-state index in [2.05, 4.69) is 15.5 Å². The number of benzene rings is 3. The zero-order valence-electron chi connectivity index (χ0n) is 23.2. The van der Waals surface area contributed by atoms with Gasteiger partial charge in [-0.25, -0.2) is 4.90 Å². The predicted octanol–water partition coefficient (Wildman–Crippen LogP) is 5.51. The first-order valence-electron chi connectivity index (χ1n) is 13.2. The Morgan fingerprint density at radius 1 is 0.977 bits per heavy atom. The van der Waals surface area contributed by atoms with Crippen molar-refractivity contribution in [3.05, 3.63) is 117 Å². The molecule has 13 heteroatoms. The summed E-state index contributed by atoms with van der Waals surface area (Å²) in [6.07, 6.45) is -6.47. The largest absolute Gasteiger partial charge is 0.437 e. The van der Waals surface area contributed by atoms with Crippen molar-refractivity contribution in [3.63, 3.8) is 0 Å². The van der Waals surface area contributed by atoms with Crippen molar-refractivity contribution in [3.8, 4) is 11.6 Å². The van der Waals surface area contributed by atoms with Gasteiger partial charge in [0.1, 0.15) is 11.3 Å². The third-order valence-electron chi connectivity index (χ3n) is 7.06.